The molecular formula is C23H17ClN2O4S2. The molecule has 1 fully saturated rings. The minimum Gasteiger partial charge on any atom is -0.478 e. The van der Waals surface area contributed by atoms with E-state index in [1.54, 1.807) is 24.3 Å². The molecule has 1 amide bonds. The molecule has 32 heavy (non-hydrogen) atoms. The summed E-state index contributed by atoms with van der Waals surface area (Å²) in [5, 5.41) is 9.41. The zero-order valence-electron chi connectivity index (χ0n) is 17.0. The topological polar surface area (TPSA) is 74.0 Å². The molecule has 0 spiro atoms. The molecule has 2 aromatic carbocycles. The van der Waals surface area contributed by atoms with Crippen molar-refractivity contribution < 1.29 is 19.1 Å². The molecule has 4 rings (SSSR count). The Hall–Kier alpha value is -3.07. The molecule has 6 nitrogen and oxygen atoms in total. The third-order valence-corrected chi connectivity index (χ3v) is 6.43. The van der Waals surface area contributed by atoms with Crippen molar-refractivity contribution in [3.8, 4) is 11.3 Å². The largest absolute Gasteiger partial charge is 0.478 e. The first-order valence-corrected chi connectivity index (χ1v) is 11.0. The van der Waals surface area contributed by atoms with E-state index in [1.165, 1.54) is 28.8 Å². The van der Waals surface area contributed by atoms with Crippen molar-refractivity contribution in [3.63, 3.8) is 0 Å². The monoisotopic (exact) mass is 484 g/mol. The van der Waals surface area contributed by atoms with Gasteiger partial charge in [0.25, 0.3) is 5.91 Å². The SMILES string of the molecule is CN(C)c1ccc(N2C(=O)/C(=C\c3ccc(-c4ccc(Cl)c(C(=O)O)c4)o3)SC2=S)cc1. The molecule has 0 atom stereocenters. The van der Waals surface area contributed by atoms with Crippen molar-refractivity contribution >= 4 is 69.2 Å². The van der Waals surface area contributed by atoms with Gasteiger partial charge in [0.15, 0.2) is 4.32 Å². The van der Waals surface area contributed by atoms with Gasteiger partial charge in [-0.2, -0.15) is 0 Å². The van der Waals surface area contributed by atoms with E-state index in [2.05, 4.69) is 0 Å². The second-order valence-electron chi connectivity index (χ2n) is 7.13. The van der Waals surface area contributed by atoms with Crippen molar-refractivity contribution in [1.29, 1.82) is 0 Å². The zero-order chi connectivity index (χ0) is 23.0. The summed E-state index contributed by atoms with van der Waals surface area (Å²) in [7, 11) is 3.89. The molecule has 1 aromatic heterocycles. The van der Waals surface area contributed by atoms with Gasteiger partial charge in [-0.15, -0.1) is 0 Å². The first kappa shape index (κ1) is 22.1. The van der Waals surface area contributed by atoms with Crippen LogP contribution in [0.5, 0.6) is 0 Å². The van der Waals surface area contributed by atoms with Crippen molar-refractivity contribution in [2.75, 3.05) is 23.9 Å². The second kappa shape index (κ2) is 8.82. The molecule has 0 saturated carbocycles. The molecule has 1 aliphatic heterocycles. The zero-order valence-corrected chi connectivity index (χ0v) is 19.4. The predicted molar refractivity (Wildman–Crippen MR) is 133 cm³/mol. The lowest BCUT2D eigenvalue weighted by Crippen LogP contribution is -2.27. The van der Waals surface area contributed by atoms with Gasteiger partial charge in [-0.25, -0.2) is 4.79 Å². The summed E-state index contributed by atoms with van der Waals surface area (Å²) in [4.78, 5) is 28.2. The van der Waals surface area contributed by atoms with Gasteiger partial charge < -0.3 is 14.4 Å². The van der Waals surface area contributed by atoms with Crippen LogP contribution in [-0.2, 0) is 4.79 Å². The smallest absolute Gasteiger partial charge is 0.337 e. The molecule has 1 N–H and O–H groups in total. The van der Waals surface area contributed by atoms with Crippen LogP contribution in [0.1, 0.15) is 16.1 Å². The fourth-order valence-corrected chi connectivity index (χ4v) is 4.62. The number of hydrogen-bond acceptors (Lipinski definition) is 6. The normalized spacial score (nSPS) is 15.0. The lowest BCUT2D eigenvalue weighted by atomic mass is 10.1. The standard InChI is InChI=1S/C23H17ClN2O4S2/c1-25(2)14-4-6-15(7-5-14)26-21(27)20(32-23(26)31)12-16-8-10-19(30-16)13-3-9-18(24)17(11-13)22(28)29/h3-12H,1-2H3,(H,28,29)/b20-12+. The average molecular weight is 485 g/mol. The molecule has 1 aliphatic rings. The number of carbonyl (C=O) groups is 2. The third-order valence-electron chi connectivity index (χ3n) is 4.80. The maximum atomic E-state index is 13.0. The minimum absolute atomic E-state index is 0.0109. The number of thiocarbonyl (C=S) groups is 1. The summed E-state index contributed by atoms with van der Waals surface area (Å²) in [5.74, 6) is -0.429. The van der Waals surface area contributed by atoms with Gasteiger partial charge in [0.2, 0.25) is 0 Å². The molecule has 0 aliphatic carbocycles. The van der Waals surface area contributed by atoms with Crippen LogP contribution in [0.25, 0.3) is 17.4 Å². The predicted octanol–water partition coefficient (Wildman–Crippen LogP) is 5.77. The van der Waals surface area contributed by atoms with Gasteiger partial charge in [-0.05, 0) is 54.6 Å². The number of nitrogens with zero attached hydrogens (tertiary/aromatic N) is 2. The summed E-state index contributed by atoms with van der Waals surface area (Å²) in [6, 6.07) is 15.6. The van der Waals surface area contributed by atoms with Gasteiger partial charge in [0.05, 0.1) is 21.2 Å². The van der Waals surface area contributed by atoms with E-state index in [1.807, 2.05) is 43.3 Å². The lowest BCUT2D eigenvalue weighted by molar-refractivity contribution is -0.113. The van der Waals surface area contributed by atoms with Crippen LogP contribution in [0.4, 0.5) is 11.4 Å². The van der Waals surface area contributed by atoms with Gasteiger partial charge in [-0.3, -0.25) is 9.69 Å². The van der Waals surface area contributed by atoms with Crippen molar-refractivity contribution in [2.24, 2.45) is 0 Å². The third kappa shape index (κ3) is 4.29. The number of thioether (sulfide) groups is 1. The highest BCUT2D eigenvalue weighted by Crippen LogP contribution is 2.37. The highest BCUT2D eigenvalue weighted by atomic mass is 35.5. The summed E-state index contributed by atoms with van der Waals surface area (Å²) in [6.07, 6.45) is 1.63. The van der Waals surface area contributed by atoms with E-state index >= 15 is 0 Å². The number of hydrogen-bond donors (Lipinski definition) is 1. The van der Waals surface area contributed by atoms with E-state index in [4.69, 9.17) is 28.2 Å². The summed E-state index contributed by atoms with van der Waals surface area (Å²) in [6.45, 7) is 0. The van der Waals surface area contributed by atoms with Crippen LogP contribution in [0.15, 0.2) is 63.9 Å². The number of carbonyl (C=O) groups excluding carboxylic acids is 1. The Balaban J connectivity index is 1.58. The highest BCUT2D eigenvalue weighted by molar-refractivity contribution is 8.27. The fraction of sp³-hybridized carbons (Fsp3) is 0.0870. The second-order valence-corrected chi connectivity index (χ2v) is 9.21. The molecule has 162 valence electrons. The van der Waals surface area contributed by atoms with Crippen LogP contribution < -0.4 is 9.80 Å². The summed E-state index contributed by atoms with van der Waals surface area (Å²) in [5.41, 5.74) is 2.28. The summed E-state index contributed by atoms with van der Waals surface area (Å²) >= 11 is 12.6. The van der Waals surface area contributed by atoms with Crippen LogP contribution in [-0.4, -0.2) is 35.4 Å². The van der Waals surface area contributed by atoms with Gasteiger partial charge >= 0.3 is 5.97 Å². The lowest BCUT2D eigenvalue weighted by Gasteiger charge is -2.17. The van der Waals surface area contributed by atoms with Crippen LogP contribution in [0.3, 0.4) is 0 Å². The number of rotatable bonds is 5. The van der Waals surface area contributed by atoms with Crippen LogP contribution >= 0.6 is 35.6 Å². The molecule has 0 bridgehead atoms. The molecular weight excluding hydrogens is 468 g/mol. The van der Waals surface area contributed by atoms with Crippen molar-refractivity contribution in [1.82, 2.24) is 0 Å². The number of aromatic carboxylic acids is 1. The number of carboxylic acid groups (broad SMARTS) is 1. The fourth-order valence-electron chi connectivity index (χ4n) is 3.15. The number of benzene rings is 2. The Morgan fingerprint density at radius 1 is 1.16 bits per heavy atom. The average Bonchev–Trinajstić information content (AvgIpc) is 3.32. The Bertz CT molecular complexity index is 1270. The van der Waals surface area contributed by atoms with E-state index in [-0.39, 0.29) is 16.5 Å². The molecule has 1 saturated heterocycles. The number of halogens is 1. The molecule has 0 radical (unpaired) electrons. The Labute approximate surface area is 199 Å². The van der Waals surface area contributed by atoms with Crippen LogP contribution in [0, 0.1) is 0 Å². The molecule has 3 aromatic rings. The Kier molecular flexibility index (Phi) is 6.10. The molecule has 9 heteroatoms. The van der Waals surface area contributed by atoms with E-state index in [0.29, 0.717) is 32.0 Å². The Morgan fingerprint density at radius 3 is 2.53 bits per heavy atom. The molecule has 0 unspecified atom stereocenters. The maximum absolute atomic E-state index is 13.0. The van der Waals surface area contributed by atoms with E-state index in [0.717, 1.165) is 5.69 Å². The van der Waals surface area contributed by atoms with Crippen LogP contribution in [0.2, 0.25) is 5.02 Å². The van der Waals surface area contributed by atoms with Gasteiger partial charge in [0, 0.05) is 31.4 Å². The summed E-state index contributed by atoms with van der Waals surface area (Å²) < 4.78 is 6.27. The first-order valence-electron chi connectivity index (χ1n) is 9.43. The van der Waals surface area contributed by atoms with Gasteiger partial charge in [0.1, 0.15) is 11.5 Å². The van der Waals surface area contributed by atoms with E-state index in [9.17, 15) is 14.7 Å². The number of carboxylic acids is 1. The van der Waals surface area contributed by atoms with E-state index < -0.39 is 5.97 Å². The number of anilines is 2. The van der Waals surface area contributed by atoms with Crippen molar-refractivity contribution in [3.05, 3.63) is 75.8 Å². The first-order chi connectivity index (χ1) is 15.2. The number of furan rings is 1. The minimum atomic E-state index is -1.12. The maximum Gasteiger partial charge on any atom is 0.337 e. The van der Waals surface area contributed by atoms with Gasteiger partial charge in [-0.1, -0.05) is 35.6 Å². The van der Waals surface area contributed by atoms with Crippen molar-refractivity contribution in [2.45, 2.75) is 0 Å². The highest BCUT2D eigenvalue weighted by Gasteiger charge is 2.33. The Morgan fingerprint density at radius 2 is 1.88 bits per heavy atom. The molecule has 2 heterocycles. The number of amides is 1. The quantitative estimate of drug-likeness (QED) is 0.364.